The summed E-state index contributed by atoms with van der Waals surface area (Å²) in [6.07, 6.45) is 1.58. The molecule has 1 N–H and O–H groups in total. The van der Waals surface area contributed by atoms with Crippen LogP contribution in [0.1, 0.15) is 10.4 Å². The van der Waals surface area contributed by atoms with Gasteiger partial charge in [-0.3, -0.25) is 4.79 Å². The minimum absolute atomic E-state index is 0.193. The first-order chi connectivity index (χ1) is 12.2. The van der Waals surface area contributed by atoms with Crippen molar-refractivity contribution in [2.24, 2.45) is 0 Å². The minimum Gasteiger partial charge on any atom is -0.383 e. The van der Waals surface area contributed by atoms with Gasteiger partial charge in [-0.15, -0.1) is 0 Å². The first-order valence-electron chi connectivity index (χ1n) is 7.90. The lowest BCUT2D eigenvalue weighted by atomic mass is 10.2. The monoisotopic (exact) mass is 347 g/mol. The third-order valence-corrected chi connectivity index (χ3v) is 3.54. The van der Waals surface area contributed by atoms with Crippen molar-refractivity contribution in [2.75, 3.05) is 45.8 Å². The highest BCUT2D eigenvalue weighted by molar-refractivity contribution is 5.99. The standard InChI is InChI=1S/C18H22FN3O3/c1-24-11-9-22(10-12-25-2)18(23)16-7-4-8-20-17(16)21-15-6-3-5-14(19)13-15/h3-8,13H,9-12H2,1-2H3,(H,20,21). The molecule has 1 amide bonds. The van der Waals surface area contributed by atoms with Gasteiger partial charge in [-0.05, 0) is 30.3 Å². The quantitative estimate of drug-likeness (QED) is 0.756. The number of benzene rings is 1. The van der Waals surface area contributed by atoms with Gasteiger partial charge in [-0.1, -0.05) is 6.07 Å². The Hall–Kier alpha value is -2.51. The summed E-state index contributed by atoms with van der Waals surface area (Å²) in [6.45, 7) is 1.71. The first-order valence-corrected chi connectivity index (χ1v) is 7.90. The molecule has 0 bridgehead atoms. The van der Waals surface area contributed by atoms with Gasteiger partial charge in [0.15, 0.2) is 0 Å². The van der Waals surface area contributed by atoms with E-state index in [2.05, 4.69) is 10.3 Å². The van der Waals surface area contributed by atoms with Crippen LogP contribution in [0.2, 0.25) is 0 Å². The smallest absolute Gasteiger partial charge is 0.257 e. The Morgan fingerprint density at radius 2 is 1.88 bits per heavy atom. The molecule has 2 rings (SSSR count). The zero-order valence-electron chi connectivity index (χ0n) is 14.4. The number of amides is 1. The number of aromatic nitrogens is 1. The number of pyridine rings is 1. The van der Waals surface area contributed by atoms with Crippen molar-refractivity contribution in [3.05, 3.63) is 54.0 Å². The molecule has 0 radical (unpaired) electrons. The predicted molar refractivity (Wildman–Crippen MR) is 93.6 cm³/mol. The Bertz CT molecular complexity index is 689. The van der Waals surface area contributed by atoms with E-state index in [0.29, 0.717) is 43.4 Å². The number of hydrogen-bond acceptors (Lipinski definition) is 5. The van der Waals surface area contributed by atoms with E-state index in [9.17, 15) is 9.18 Å². The van der Waals surface area contributed by atoms with Crippen LogP contribution >= 0.6 is 0 Å². The number of carbonyl (C=O) groups is 1. The van der Waals surface area contributed by atoms with Crippen LogP contribution in [0.25, 0.3) is 0 Å². The Balaban J connectivity index is 2.23. The zero-order valence-corrected chi connectivity index (χ0v) is 14.4. The fourth-order valence-corrected chi connectivity index (χ4v) is 2.27. The predicted octanol–water partition coefficient (Wildman–Crippen LogP) is 2.70. The molecular formula is C18H22FN3O3. The first kappa shape index (κ1) is 18.8. The Kier molecular flexibility index (Phi) is 7.31. The average Bonchev–Trinajstić information content (AvgIpc) is 2.62. The maximum atomic E-state index is 13.4. The summed E-state index contributed by atoms with van der Waals surface area (Å²) in [5, 5.41) is 3.00. The van der Waals surface area contributed by atoms with Gasteiger partial charge in [0.25, 0.3) is 5.91 Å². The topological polar surface area (TPSA) is 63.7 Å². The molecule has 1 aromatic heterocycles. The van der Waals surface area contributed by atoms with Crippen molar-refractivity contribution >= 4 is 17.4 Å². The van der Waals surface area contributed by atoms with E-state index in [1.807, 2.05) is 0 Å². The lowest BCUT2D eigenvalue weighted by Gasteiger charge is -2.23. The van der Waals surface area contributed by atoms with E-state index < -0.39 is 0 Å². The number of rotatable bonds is 9. The summed E-state index contributed by atoms with van der Waals surface area (Å²) in [7, 11) is 3.17. The summed E-state index contributed by atoms with van der Waals surface area (Å²) < 4.78 is 23.5. The third kappa shape index (κ3) is 5.51. The summed E-state index contributed by atoms with van der Waals surface area (Å²) in [4.78, 5) is 18.8. The van der Waals surface area contributed by atoms with Crippen molar-refractivity contribution in [3.8, 4) is 0 Å². The second-order valence-electron chi connectivity index (χ2n) is 5.31. The molecule has 0 spiro atoms. The van der Waals surface area contributed by atoms with Crippen LogP contribution in [0, 0.1) is 5.82 Å². The SMILES string of the molecule is COCCN(CCOC)C(=O)c1cccnc1Nc1cccc(F)c1. The van der Waals surface area contributed by atoms with Crippen molar-refractivity contribution < 1.29 is 18.7 Å². The molecule has 0 unspecified atom stereocenters. The maximum absolute atomic E-state index is 13.4. The highest BCUT2D eigenvalue weighted by atomic mass is 19.1. The molecule has 0 aliphatic carbocycles. The number of methoxy groups -OCH3 is 2. The molecule has 25 heavy (non-hydrogen) atoms. The molecule has 0 saturated carbocycles. The molecule has 0 fully saturated rings. The number of ether oxygens (including phenoxy) is 2. The largest absolute Gasteiger partial charge is 0.383 e. The lowest BCUT2D eigenvalue weighted by molar-refractivity contribution is 0.0628. The van der Waals surface area contributed by atoms with Crippen molar-refractivity contribution in [1.29, 1.82) is 0 Å². The van der Waals surface area contributed by atoms with Gasteiger partial charge < -0.3 is 19.7 Å². The summed E-state index contributed by atoms with van der Waals surface area (Å²) in [6, 6.07) is 9.37. The van der Waals surface area contributed by atoms with Crippen LogP contribution < -0.4 is 5.32 Å². The van der Waals surface area contributed by atoms with Crippen molar-refractivity contribution in [1.82, 2.24) is 9.88 Å². The summed E-state index contributed by atoms with van der Waals surface area (Å²) >= 11 is 0. The molecule has 0 saturated heterocycles. The Labute approximate surface area is 146 Å². The fourth-order valence-electron chi connectivity index (χ4n) is 2.27. The number of anilines is 2. The Morgan fingerprint density at radius 1 is 1.16 bits per heavy atom. The average molecular weight is 347 g/mol. The van der Waals surface area contributed by atoms with E-state index in [-0.39, 0.29) is 11.7 Å². The van der Waals surface area contributed by atoms with E-state index in [1.54, 1.807) is 49.6 Å². The number of hydrogen-bond donors (Lipinski definition) is 1. The van der Waals surface area contributed by atoms with Gasteiger partial charge in [-0.25, -0.2) is 9.37 Å². The van der Waals surface area contributed by atoms with Gasteiger partial charge in [0, 0.05) is 39.2 Å². The van der Waals surface area contributed by atoms with Crippen LogP contribution in [0.4, 0.5) is 15.9 Å². The van der Waals surface area contributed by atoms with Crippen LogP contribution in [-0.4, -0.2) is 56.3 Å². The van der Waals surface area contributed by atoms with Crippen LogP contribution in [0.5, 0.6) is 0 Å². The molecular weight excluding hydrogens is 325 g/mol. The van der Waals surface area contributed by atoms with Crippen LogP contribution in [-0.2, 0) is 9.47 Å². The van der Waals surface area contributed by atoms with Gasteiger partial charge in [0.05, 0.1) is 18.8 Å². The normalized spacial score (nSPS) is 10.5. The highest BCUT2D eigenvalue weighted by Crippen LogP contribution is 2.20. The van der Waals surface area contributed by atoms with Crippen molar-refractivity contribution in [2.45, 2.75) is 0 Å². The maximum Gasteiger partial charge on any atom is 0.257 e. The molecule has 0 atom stereocenters. The minimum atomic E-state index is -0.365. The molecule has 0 aliphatic heterocycles. The van der Waals surface area contributed by atoms with Crippen LogP contribution in [0.15, 0.2) is 42.6 Å². The van der Waals surface area contributed by atoms with Gasteiger partial charge >= 0.3 is 0 Å². The number of carbonyl (C=O) groups excluding carboxylic acids is 1. The molecule has 1 aromatic carbocycles. The lowest BCUT2D eigenvalue weighted by Crippen LogP contribution is -2.36. The Morgan fingerprint density at radius 3 is 2.52 bits per heavy atom. The van der Waals surface area contributed by atoms with E-state index in [1.165, 1.54) is 12.1 Å². The molecule has 134 valence electrons. The van der Waals surface area contributed by atoms with E-state index in [4.69, 9.17) is 9.47 Å². The zero-order chi connectivity index (χ0) is 18.1. The van der Waals surface area contributed by atoms with Gasteiger partial charge in [0.1, 0.15) is 11.6 Å². The molecule has 1 heterocycles. The second-order valence-corrected chi connectivity index (χ2v) is 5.31. The molecule has 7 heteroatoms. The number of nitrogens with one attached hydrogen (secondary N) is 1. The number of halogens is 1. The van der Waals surface area contributed by atoms with Gasteiger partial charge in [0.2, 0.25) is 0 Å². The van der Waals surface area contributed by atoms with Crippen molar-refractivity contribution in [3.63, 3.8) is 0 Å². The van der Waals surface area contributed by atoms with Crippen LogP contribution in [0.3, 0.4) is 0 Å². The summed E-state index contributed by atoms with van der Waals surface area (Å²) in [5.74, 6) is -0.185. The number of nitrogens with zero attached hydrogens (tertiary/aromatic N) is 2. The third-order valence-electron chi connectivity index (χ3n) is 3.54. The van der Waals surface area contributed by atoms with E-state index >= 15 is 0 Å². The molecule has 2 aromatic rings. The fraction of sp³-hybridized carbons (Fsp3) is 0.333. The molecule has 0 aliphatic rings. The van der Waals surface area contributed by atoms with Gasteiger partial charge in [-0.2, -0.15) is 0 Å². The molecule has 6 nitrogen and oxygen atoms in total. The van der Waals surface area contributed by atoms with E-state index in [0.717, 1.165) is 0 Å². The highest BCUT2D eigenvalue weighted by Gasteiger charge is 2.19. The summed E-state index contributed by atoms with van der Waals surface area (Å²) in [5.41, 5.74) is 0.923. The second kappa shape index (κ2) is 9.71.